The Morgan fingerprint density at radius 1 is 0.833 bits per heavy atom. The zero-order valence-electron chi connectivity index (χ0n) is 12.8. The van der Waals surface area contributed by atoms with Crippen molar-refractivity contribution in [1.29, 1.82) is 0 Å². The first-order valence-electron chi connectivity index (χ1n) is 7.67. The van der Waals surface area contributed by atoms with Crippen LogP contribution in [-0.4, -0.2) is 9.38 Å². The maximum absolute atomic E-state index is 4.88. The summed E-state index contributed by atoms with van der Waals surface area (Å²) in [7, 11) is 0. The topological polar surface area (TPSA) is 17.3 Å². The van der Waals surface area contributed by atoms with E-state index in [0.717, 1.165) is 32.3 Å². The molecule has 0 fully saturated rings. The van der Waals surface area contributed by atoms with E-state index in [1.54, 1.807) is 0 Å². The quantitative estimate of drug-likeness (QED) is 0.374. The van der Waals surface area contributed by atoms with E-state index in [1.807, 2.05) is 30.3 Å². The van der Waals surface area contributed by atoms with E-state index >= 15 is 0 Å². The van der Waals surface area contributed by atoms with Crippen molar-refractivity contribution in [2.24, 2.45) is 0 Å². The van der Waals surface area contributed by atoms with Crippen LogP contribution < -0.4 is 0 Å². The van der Waals surface area contributed by atoms with Crippen LogP contribution in [-0.2, 0) is 6.42 Å². The Bertz CT molecular complexity index is 1010. The monoisotopic (exact) mass is 440 g/mol. The molecule has 4 aromatic rings. The minimum absolute atomic E-state index is 0.834. The molecule has 0 N–H and O–H groups in total. The highest BCUT2D eigenvalue weighted by Crippen LogP contribution is 2.29. The Labute approximate surface area is 157 Å². The number of benzene rings is 2. The largest absolute Gasteiger partial charge is 0.302 e. The van der Waals surface area contributed by atoms with Crippen molar-refractivity contribution in [3.8, 4) is 11.3 Å². The van der Waals surface area contributed by atoms with Gasteiger partial charge in [0.25, 0.3) is 0 Å². The second-order valence-electron chi connectivity index (χ2n) is 5.66. The van der Waals surface area contributed by atoms with Crippen molar-refractivity contribution in [3.63, 3.8) is 0 Å². The van der Waals surface area contributed by atoms with Crippen LogP contribution >= 0.6 is 31.9 Å². The van der Waals surface area contributed by atoms with Gasteiger partial charge in [-0.15, -0.1) is 0 Å². The zero-order valence-corrected chi connectivity index (χ0v) is 16.0. The summed E-state index contributed by atoms with van der Waals surface area (Å²) in [4.78, 5) is 4.88. The maximum atomic E-state index is 4.88. The number of aromatic nitrogens is 2. The molecule has 0 saturated heterocycles. The van der Waals surface area contributed by atoms with Gasteiger partial charge in [-0.05, 0) is 45.8 Å². The Morgan fingerprint density at radius 3 is 2.46 bits per heavy atom. The van der Waals surface area contributed by atoms with Crippen LogP contribution in [0.4, 0.5) is 0 Å². The van der Waals surface area contributed by atoms with Gasteiger partial charge in [0.2, 0.25) is 0 Å². The van der Waals surface area contributed by atoms with E-state index in [9.17, 15) is 0 Å². The molecule has 2 aromatic heterocycles. The van der Waals surface area contributed by atoms with Crippen molar-refractivity contribution in [1.82, 2.24) is 9.38 Å². The number of nitrogens with zero attached hydrogens (tertiary/aromatic N) is 2. The van der Waals surface area contributed by atoms with E-state index < -0.39 is 0 Å². The maximum Gasteiger partial charge on any atom is 0.137 e. The number of hydrogen-bond donors (Lipinski definition) is 0. The Morgan fingerprint density at radius 2 is 1.67 bits per heavy atom. The van der Waals surface area contributed by atoms with Gasteiger partial charge in [0, 0.05) is 27.1 Å². The fourth-order valence-corrected chi connectivity index (χ4v) is 3.63. The van der Waals surface area contributed by atoms with Gasteiger partial charge in [-0.25, -0.2) is 4.98 Å². The van der Waals surface area contributed by atoms with Gasteiger partial charge >= 0.3 is 0 Å². The molecule has 2 nitrogen and oxygen atoms in total. The molecule has 2 aromatic carbocycles. The van der Waals surface area contributed by atoms with Crippen molar-refractivity contribution in [2.45, 2.75) is 6.42 Å². The number of pyridine rings is 1. The minimum atomic E-state index is 0.834. The lowest BCUT2D eigenvalue weighted by Gasteiger charge is -2.07. The van der Waals surface area contributed by atoms with E-state index in [2.05, 4.69) is 78.9 Å². The molecule has 0 aliphatic carbocycles. The highest BCUT2D eigenvalue weighted by molar-refractivity contribution is 9.10. The molecule has 0 aliphatic rings. The summed E-state index contributed by atoms with van der Waals surface area (Å²) in [5, 5.41) is 0. The lowest BCUT2D eigenvalue weighted by molar-refractivity contribution is 1.02. The lowest BCUT2D eigenvalue weighted by atomic mass is 10.0. The first kappa shape index (κ1) is 15.6. The molecule has 0 spiro atoms. The van der Waals surface area contributed by atoms with E-state index in [-0.39, 0.29) is 0 Å². The van der Waals surface area contributed by atoms with E-state index in [4.69, 9.17) is 4.98 Å². The van der Waals surface area contributed by atoms with Crippen LogP contribution in [0.15, 0.2) is 81.9 Å². The molecule has 0 radical (unpaired) electrons. The van der Waals surface area contributed by atoms with Gasteiger partial charge in [-0.1, -0.05) is 58.4 Å². The highest BCUT2D eigenvalue weighted by Gasteiger charge is 2.15. The first-order valence-corrected chi connectivity index (χ1v) is 9.26. The Kier molecular flexibility index (Phi) is 4.25. The average Bonchev–Trinajstić information content (AvgIpc) is 2.94. The molecular weight excluding hydrogens is 428 g/mol. The van der Waals surface area contributed by atoms with Crippen LogP contribution in [0.5, 0.6) is 0 Å². The van der Waals surface area contributed by atoms with E-state index in [1.165, 1.54) is 11.3 Å². The smallest absolute Gasteiger partial charge is 0.137 e. The van der Waals surface area contributed by atoms with Gasteiger partial charge in [0.1, 0.15) is 5.65 Å². The third-order valence-electron chi connectivity index (χ3n) is 3.99. The molecule has 0 unspecified atom stereocenters. The molecule has 0 atom stereocenters. The number of halogens is 2. The summed E-state index contributed by atoms with van der Waals surface area (Å²) in [5.74, 6) is 0. The SMILES string of the molecule is Brc1cccc(-c2nc3ccc(Br)cn3c2Cc2ccccc2)c1. The standard InChI is InChI=1S/C20H14Br2N2/c21-16-8-4-7-15(12-16)20-18(11-14-5-2-1-3-6-14)24-13-17(22)9-10-19(24)23-20/h1-10,12-13H,11H2. The van der Waals surface area contributed by atoms with Crippen molar-refractivity contribution in [2.75, 3.05) is 0 Å². The molecule has 0 aliphatic heterocycles. The summed E-state index contributed by atoms with van der Waals surface area (Å²) in [6.07, 6.45) is 2.92. The number of fused-ring (bicyclic) bond motifs is 1. The summed E-state index contributed by atoms with van der Waals surface area (Å²) in [6.45, 7) is 0. The van der Waals surface area contributed by atoms with E-state index in [0.29, 0.717) is 0 Å². The predicted molar refractivity (Wildman–Crippen MR) is 105 cm³/mol. The molecule has 4 heteroatoms. The highest BCUT2D eigenvalue weighted by atomic mass is 79.9. The molecule has 0 saturated carbocycles. The number of imidazole rings is 1. The van der Waals surface area contributed by atoms with Gasteiger partial charge in [-0.3, -0.25) is 0 Å². The Balaban J connectivity index is 1.93. The minimum Gasteiger partial charge on any atom is -0.302 e. The summed E-state index contributed by atoms with van der Waals surface area (Å²) in [5.41, 5.74) is 5.57. The molecule has 0 amide bonds. The molecule has 24 heavy (non-hydrogen) atoms. The van der Waals surface area contributed by atoms with Crippen LogP contribution in [0, 0.1) is 0 Å². The van der Waals surface area contributed by atoms with Crippen molar-refractivity contribution >= 4 is 37.5 Å². The van der Waals surface area contributed by atoms with Crippen molar-refractivity contribution < 1.29 is 0 Å². The van der Waals surface area contributed by atoms with Crippen LogP contribution in [0.2, 0.25) is 0 Å². The molecule has 0 bridgehead atoms. The number of rotatable bonds is 3. The molecule has 118 valence electrons. The second-order valence-corrected chi connectivity index (χ2v) is 7.49. The first-order chi connectivity index (χ1) is 11.7. The second kappa shape index (κ2) is 6.54. The Hall–Kier alpha value is -1.91. The van der Waals surface area contributed by atoms with Crippen LogP contribution in [0.1, 0.15) is 11.3 Å². The molecule has 4 rings (SSSR count). The summed E-state index contributed by atoms with van der Waals surface area (Å²) in [6, 6.07) is 22.9. The van der Waals surface area contributed by atoms with Crippen molar-refractivity contribution in [3.05, 3.63) is 93.1 Å². The fourth-order valence-electron chi connectivity index (χ4n) is 2.89. The van der Waals surface area contributed by atoms with Gasteiger partial charge in [0.05, 0.1) is 11.4 Å². The third kappa shape index (κ3) is 3.04. The third-order valence-corrected chi connectivity index (χ3v) is 4.96. The van der Waals surface area contributed by atoms with Gasteiger partial charge < -0.3 is 4.40 Å². The van der Waals surface area contributed by atoms with Gasteiger partial charge in [0.15, 0.2) is 0 Å². The van der Waals surface area contributed by atoms with Gasteiger partial charge in [-0.2, -0.15) is 0 Å². The average molecular weight is 442 g/mol. The normalized spacial score (nSPS) is 11.1. The summed E-state index contributed by atoms with van der Waals surface area (Å²) >= 11 is 7.14. The fraction of sp³-hybridized carbons (Fsp3) is 0.0500. The zero-order chi connectivity index (χ0) is 16.5. The van der Waals surface area contributed by atoms with Crippen LogP contribution in [0.25, 0.3) is 16.9 Å². The number of hydrogen-bond acceptors (Lipinski definition) is 1. The van der Waals surface area contributed by atoms with Crippen LogP contribution in [0.3, 0.4) is 0 Å². The molecular formula is C20H14Br2N2. The summed E-state index contributed by atoms with van der Waals surface area (Å²) < 4.78 is 4.28. The lowest BCUT2D eigenvalue weighted by Crippen LogP contribution is -1.96. The molecule has 2 heterocycles. The predicted octanol–water partition coefficient (Wildman–Crippen LogP) is 6.12.